The molecule has 0 atom stereocenters. The number of nitrogens with two attached hydrogens (primary N) is 1. The van der Waals surface area contributed by atoms with Gasteiger partial charge in [-0.15, -0.1) is 0 Å². The average Bonchev–Trinajstić information content (AvgIpc) is 2.69. The lowest BCUT2D eigenvalue weighted by Gasteiger charge is -2.12. The summed E-state index contributed by atoms with van der Waals surface area (Å²) >= 11 is 4.92. The predicted molar refractivity (Wildman–Crippen MR) is 68.5 cm³/mol. The van der Waals surface area contributed by atoms with Crippen LogP contribution in [0.15, 0.2) is 6.07 Å². The minimum atomic E-state index is 0.319. The molecule has 0 aliphatic heterocycles. The molecule has 1 fully saturated rings. The van der Waals surface area contributed by atoms with Gasteiger partial charge in [-0.2, -0.15) is 0 Å². The van der Waals surface area contributed by atoms with Crippen LogP contribution in [0, 0.1) is 6.92 Å². The monoisotopic (exact) mass is 236 g/mol. The Kier molecular flexibility index (Phi) is 3.33. The predicted octanol–water partition coefficient (Wildman–Crippen LogP) is 1.77. The second-order valence-corrected chi connectivity index (χ2v) is 4.65. The van der Waals surface area contributed by atoms with Crippen LogP contribution in [-0.4, -0.2) is 21.0 Å². The Balaban J connectivity index is 2.16. The molecule has 0 spiro atoms. The van der Waals surface area contributed by atoms with Crippen molar-refractivity contribution >= 4 is 23.2 Å². The molecular weight excluding hydrogens is 220 g/mol. The first kappa shape index (κ1) is 11.3. The van der Waals surface area contributed by atoms with Crippen LogP contribution in [0.3, 0.4) is 0 Å². The highest BCUT2D eigenvalue weighted by atomic mass is 32.1. The van der Waals surface area contributed by atoms with Gasteiger partial charge in [0, 0.05) is 11.7 Å². The fraction of sp³-hybridized carbons (Fsp3) is 0.545. The van der Waals surface area contributed by atoms with E-state index in [-0.39, 0.29) is 0 Å². The molecule has 5 heteroatoms. The summed E-state index contributed by atoms with van der Waals surface area (Å²) in [4.78, 5) is 8.97. The number of nitrogens with one attached hydrogen (secondary N) is 1. The van der Waals surface area contributed by atoms with Crippen LogP contribution >= 0.6 is 12.2 Å². The van der Waals surface area contributed by atoms with E-state index in [1.807, 2.05) is 13.0 Å². The molecule has 1 aromatic heterocycles. The number of aromatic nitrogens is 2. The maximum Gasteiger partial charge on any atom is 0.223 e. The number of thiocarbonyl (C=S) groups is 1. The van der Waals surface area contributed by atoms with Crippen molar-refractivity contribution in [2.75, 3.05) is 5.32 Å². The van der Waals surface area contributed by atoms with E-state index in [1.54, 1.807) is 0 Å². The van der Waals surface area contributed by atoms with E-state index in [1.165, 1.54) is 25.7 Å². The van der Waals surface area contributed by atoms with Gasteiger partial charge in [-0.25, -0.2) is 9.97 Å². The molecule has 4 nitrogen and oxygen atoms in total. The molecule has 0 radical (unpaired) electrons. The highest BCUT2D eigenvalue weighted by Gasteiger charge is 2.16. The summed E-state index contributed by atoms with van der Waals surface area (Å²) in [5.74, 6) is 0.648. The molecule has 0 bridgehead atoms. The zero-order chi connectivity index (χ0) is 11.5. The van der Waals surface area contributed by atoms with Gasteiger partial charge in [0.1, 0.15) is 10.7 Å². The standard InChI is InChI=1S/C11H16N4S/c1-7-6-9(10(12)16)15-11(13-7)14-8-4-2-3-5-8/h6,8H,2-5H2,1H3,(H2,12,16)(H,13,14,15). The summed E-state index contributed by atoms with van der Waals surface area (Å²) in [7, 11) is 0. The molecule has 1 saturated carbocycles. The maximum absolute atomic E-state index is 5.57. The summed E-state index contributed by atoms with van der Waals surface area (Å²) in [6, 6.07) is 2.31. The maximum atomic E-state index is 5.57. The summed E-state index contributed by atoms with van der Waals surface area (Å²) in [6.07, 6.45) is 4.96. The molecule has 3 N–H and O–H groups in total. The van der Waals surface area contributed by atoms with Crippen LogP contribution in [0.4, 0.5) is 5.95 Å². The molecule has 0 unspecified atom stereocenters. The first-order chi connectivity index (χ1) is 7.65. The molecule has 0 amide bonds. The van der Waals surface area contributed by atoms with Gasteiger partial charge >= 0.3 is 0 Å². The number of anilines is 1. The van der Waals surface area contributed by atoms with Crippen molar-refractivity contribution in [1.82, 2.24) is 9.97 Å². The SMILES string of the molecule is Cc1cc(C(N)=S)nc(NC2CCCC2)n1. The minimum absolute atomic E-state index is 0.319. The van der Waals surface area contributed by atoms with Crippen molar-refractivity contribution in [3.63, 3.8) is 0 Å². The van der Waals surface area contributed by atoms with Crippen LogP contribution in [0.5, 0.6) is 0 Å². The van der Waals surface area contributed by atoms with E-state index in [4.69, 9.17) is 18.0 Å². The van der Waals surface area contributed by atoms with Crippen LogP contribution in [0.25, 0.3) is 0 Å². The fourth-order valence-electron chi connectivity index (χ4n) is 2.01. The van der Waals surface area contributed by atoms with Gasteiger partial charge < -0.3 is 11.1 Å². The van der Waals surface area contributed by atoms with E-state index in [9.17, 15) is 0 Å². The van der Waals surface area contributed by atoms with Crippen LogP contribution in [-0.2, 0) is 0 Å². The van der Waals surface area contributed by atoms with Gasteiger partial charge in [-0.1, -0.05) is 25.1 Å². The van der Waals surface area contributed by atoms with Crippen molar-refractivity contribution in [2.24, 2.45) is 5.73 Å². The second-order valence-electron chi connectivity index (χ2n) is 4.21. The molecule has 0 aromatic carbocycles. The van der Waals surface area contributed by atoms with Gasteiger partial charge in [-0.3, -0.25) is 0 Å². The summed E-state index contributed by atoms with van der Waals surface area (Å²) in [5.41, 5.74) is 7.10. The molecule has 1 aromatic rings. The molecule has 86 valence electrons. The number of hydrogen-bond donors (Lipinski definition) is 2. The highest BCUT2D eigenvalue weighted by molar-refractivity contribution is 7.80. The molecule has 1 heterocycles. The number of nitrogens with zero attached hydrogens (tertiary/aromatic N) is 2. The van der Waals surface area contributed by atoms with Gasteiger partial charge in [0.25, 0.3) is 0 Å². The Morgan fingerprint density at radius 2 is 2.12 bits per heavy atom. The van der Waals surface area contributed by atoms with Crippen LogP contribution in [0.2, 0.25) is 0 Å². The third-order valence-corrected chi connectivity index (χ3v) is 3.00. The molecular formula is C11H16N4S. The fourth-order valence-corrected chi connectivity index (χ4v) is 2.12. The lowest BCUT2D eigenvalue weighted by molar-refractivity contribution is 0.742. The van der Waals surface area contributed by atoms with Crippen molar-refractivity contribution in [3.05, 3.63) is 17.5 Å². The molecule has 0 saturated heterocycles. The van der Waals surface area contributed by atoms with Gasteiger partial charge in [0.2, 0.25) is 5.95 Å². The largest absolute Gasteiger partial charge is 0.388 e. The Morgan fingerprint density at radius 1 is 1.44 bits per heavy atom. The first-order valence-electron chi connectivity index (χ1n) is 5.57. The van der Waals surface area contributed by atoms with Gasteiger partial charge in [-0.05, 0) is 25.8 Å². The Hall–Kier alpha value is -1.23. The minimum Gasteiger partial charge on any atom is -0.388 e. The van der Waals surface area contributed by atoms with Gasteiger partial charge in [0.05, 0.1) is 0 Å². The quantitative estimate of drug-likeness (QED) is 0.783. The normalized spacial score (nSPS) is 16.3. The third-order valence-electron chi connectivity index (χ3n) is 2.80. The zero-order valence-electron chi connectivity index (χ0n) is 9.36. The van der Waals surface area contributed by atoms with Crippen LogP contribution in [0.1, 0.15) is 37.1 Å². The summed E-state index contributed by atoms with van der Waals surface area (Å²) in [5, 5.41) is 3.34. The van der Waals surface area contributed by atoms with E-state index < -0.39 is 0 Å². The van der Waals surface area contributed by atoms with E-state index in [0.717, 1.165) is 5.69 Å². The summed E-state index contributed by atoms with van der Waals surface area (Å²) < 4.78 is 0. The van der Waals surface area contributed by atoms with E-state index in [2.05, 4.69) is 15.3 Å². The zero-order valence-corrected chi connectivity index (χ0v) is 10.2. The Labute approximate surface area is 101 Å². The lowest BCUT2D eigenvalue weighted by atomic mass is 10.2. The molecule has 2 rings (SSSR count). The van der Waals surface area contributed by atoms with Gasteiger partial charge in [0.15, 0.2) is 0 Å². The van der Waals surface area contributed by atoms with Crippen molar-refractivity contribution < 1.29 is 0 Å². The van der Waals surface area contributed by atoms with Crippen molar-refractivity contribution in [2.45, 2.75) is 38.6 Å². The Morgan fingerprint density at radius 3 is 2.75 bits per heavy atom. The van der Waals surface area contributed by atoms with E-state index >= 15 is 0 Å². The topological polar surface area (TPSA) is 63.8 Å². The molecule has 1 aliphatic carbocycles. The number of aryl methyl sites for hydroxylation is 1. The van der Waals surface area contributed by atoms with Crippen molar-refractivity contribution in [3.8, 4) is 0 Å². The van der Waals surface area contributed by atoms with E-state index in [0.29, 0.717) is 22.7 Å². The number of hydrogen-bond acceptors (Lipinski definition) is 4. The average molecular weight is 236 g/mol. The second kappa shape index (κ2) is 4.74. The lowest BCUT2D eigenvalue weighted by Crippen LogP contribution is -2.19. The molecule has 1 aliphatic rings. The molecule has 16 heavy (non-hydrogen) atoms. The smallest absolute Gasteiger partial charge is 0.223 e. The number of rotatable bonds is 3. The van der Waals surface area contributed by atoms with Crippen molar-refractivity contribution in [1.29, 1.82) is 0 Å². The first-order valence-corrected chi connectivity index (χ1v) is 5.98. The Bertz CT molecular complexity index is 399. The highest BCUT2D eigenvalue weighted by Crippen LogP contribution is 2.20. The third kappa shape index (κ3) is 2.66. The van der Waals surface area contributed by atoms with Crippen LogP contribution < -0.4 is 11.1 Å². The summed E-state index contributed by atoms with van der Waals surface area (Å²) in [6.45, 7) is 1.92.